The Morgan fingerprint density at radius 1 is 1.16 bits per heavy atom. The van der Waals surface area contributed by atoms with Gasteiger partial charge in [-0.2, -0.15) is 0 Å². The zero-order chi connectivity index (χ0) is 17.1. The maximum atomic E-state index is 13.0. The minimum Gasteiger partial charge on any atom is -0.454 e. The molecule has 1 fully saturated rings. The monoisotopic (exact) mass is 340 g/mol. The summed E-state index contributed by atoms with van der Waals surface area (Å²) in [6, 6.07) is 9.68. The van der Waals surface area contributed by atoms with Crippen molar-refractivity contribution in [1.82, 2.24) is 9.88 Å². The molecule has 0 aliphatic carbocycles. The van der Waals surface area contributed by atoms with Gasteiger partial charge >= 0.3 is 0 Å². The molecule has 2 aliphatic rings. The van der Waals surface area contributed by atoms with Gasteiger partial charge in [0, 0.05) is 32.1 Å². The zero-order valence-electron chi connectivity index (χ0n) is 13.9. The van der Waals surface area contributed by atoms with Crippen LogP contribution in [0.5, 0.6) is 11.5 Å². The summed E-state index contributed by atoms with van der Waals surface area (Å²) in [5, 5.41) is 0. The summed E-state index contributed by atoms with van der Waals surface area (Å²) >= 11 is 0. The van der Waals surface area contributed by atoms with Gasteiger partial charge in [-0.1, -0.05) is 12.1 Å². The number of fused-ring (bicyclic) bond motifs is 1. The first-order valence-corrected chi connectivity index (χ1v) is 8.43. The number of amides is 1. The highest BCUT2D eigenvalue weighted by Gasteiger charge is 2.28. The fourth-order valence-electron chi connectivity index (χ4n) is 3.17. The molecule has 1 saturated heterocycles. The lowest BCUT2D eigenvalue weighted by Crippen LogP contribution is -2.35. The van der Waals surface area contributed by atoms with Gasteiger partial charge in [0.1, 0.15) is 0 Å². The predicted molar refractivity (Wildman–Crippen MR) is 90.0 cm³/mol. The van der Waals surface area contributed by atoms with E-state index in [1.165, 1.54) is 0 Å². The van der Waals surface area contributed by atoms with E-state index in [1.807, 2.05) is 35.2 Å². The summed E-state index contributed by atoms with van der Waals surface area (Å²) in [7, 11) is 0. The summed E-state index contributed by atoms with van der Waals surface area (Å²) < 4.78 is 16.2. The second-order valence-corrected chi connectivity index (χ2v) is 6.30. The molecular formula is C19H20N2O4. The highest BCUT2D eigenvalue weighted by atomic mass is 16.7. The molecular weight excluding hydrogens is 320 g/mol. The number of carbonyl (C=O) groups excluding carboxylic acids is 1. The lowest BCUT2D eigenvalue weighted by molar-refractivity contribution is -0.136. The van der Waals surface area contributed by atoms with Gasteiger partial charge in [-0.05, 0) is 35.7 Å². The van der Waals surface area contributed by atoms with Crippen molar-refractivity contribution >= 4 is 5.91 Å². The smallest absolute Gasteiger partial charge is 0.231 e. The lowest BCUT2D eigenvalue weighted by atomic mass is 10.1. The standard InChI is InChI=1S/C19H20N2O4/c22-19(16-5-7-23-12-16)21(11-15-2-1-6-20-9-15)10-14-3-4-17-18(8-14)25-13-24-17/h1-4,6,8-9,16H,5,7,10-13H2/t16-/m0/s1. The van der Waals surface area contributed by atoms with Crippen LogP contribution < -0.4 is 9.47 Å². The minimum atomic E-state index is -0.0642. The fraction of sp³-hybridized carbons (Fsp3) is 0.368. The van der Waals surface area contributed by atoms with Gasteiger partial charge in [-0.3, -0.25) is 9.78 Å². The molecule has 0 unspecified atom stereocenters. The molecule has 0 saturated carbocycles. The first-order chi connectivity index (χ1) is 12.3. The van der Waals surface area contributed by atoms with Crippen LogP contribution >= 0.6 is 0 Å². The molecule has 1 aromatic carbocycles. The van der Waals surface area contributed by atoms with Crippen molar-refractivity contribution in [2.24, 2.45) is 5.92 Å². The first-order valence-electron chi connectivity index (χ1n) is 8.43. The second-order valence-electron chi connectivity index (χ2n) is 6.30. The van der Waals surface area contributed by atoms with E-state index < -0.39 is 0 Å². The Hall–Kier alpha value is -2.60. The SMILES string of the molecule is O=C([C@H]1CCOC1)N(Cc1cccnc1)Cc1ccc2c(c1)OCO2. The topological polar surface area (TPSA) is 60.9 Å². The molecule has 3 heterocycles. The van der Waals surface area contributed by atoms with Crippen molar-refractivity contribution in [2.45, 2.75) is 19.5 Å². The van der Waals surface area contributed by atoms with Crippen LogP contribution in [0, 0.1) is 5.92 Å². The van der Waals surface area contributed by atoms with E-state index >= 15 is 0 Å². The van der Waals surface area contributed by atoms with Gasteiger partial charge in [0.05, 0.1) is 12.5 Å². The van der Waals surface area contributed by atoms with Gasteiger partial charge in [0.2, 0.25) is 12.7 Å². The van der Waals surface area contributed by atoms with Crippen LogP contribution in [0.15, 0.2) is 42.7 Å². The van der Waals surface area contributed by atoms with Crippen molar-refractivity contribution in [1.29, 1.82) is 0 Å². The normalized spacial score (nSPS) is 18.3. The van der Waals surface area contributed by atoms with Gasteiger partial charge in [-0.25, -0.2) is 0 Å². The fourth-order valence-corrected chi connectivity index (χ4v) is 3.17. The maximum Gasteiger partial charge on any atom is 0.231 e. The van der Waals surface area contributed by atoms with Crippen LogP contribution in [0.2, 0.25) is 0 Å². The summed E-state index contributed by atoms with van der Waals surface area (Å²) in [6.45, 7) is 2.44. The average Bonchev–Trinajstić information content (AvgIpc) is 3.33. The van der Waals surface area contributed by atoms with Crippen LogP contribution in [0.25, 0.3) is 0 Å². The Morgan fingerprint density at radius 3 is 2.84 bits per heavy atom. The van der Waals surface area contributed by atoms with Crippen molar-refractivity contribution in [3.8, 4) is 11.5 Å². The molecule has 2 aromatic rings. The van der Waals surface area contributed by atoms with E-state index in [2.05, 4.69) is 4.98 Å². The molecule has 1 atom stereocenters. The summed E-state index contributed by atoms with van der Waals surface area (Å²) in [6.07, 6.45) is 4.31. The van der Waals surface area contributed by atoms with Crippen LogP contribution in [0.3, 0.4) is 0 Å². The average molecular weight is 340 g/mol. The number of rotatable bonds is 5. The molecule has 0 spiro atoms. The molecule has 6 heteroatoms. The number of carbonyl (C=O) groups is 1. The number of hydrogen-bond acceptors (Lipinski definition) is 5. The third-order valence-corrected chi connectivity index (χ3v) is 4.50. The molecule has 0 bridgehead atoms. The molecule has 0 N–H and O–H groups in total. The van der Waals surface area contributed by atoms with Gasteiger partial charge < -0.3 is 19.1 Å². The largest absolute Gasteiger partial charge is 0.454 e. The van der Waals surface area contributed by atoms with E-state index in [4.69, 9.17) is 14.2 Å². The number of hydrogen-bond donors (Lipinski definition) is 0. The minimum absolute atomic E-state index is 0.0642. The van der Waals surface area contributed by atoms with E-state index in [9.17, 15) is 4.79 Å². The molecule has 0 radical (unpaired) electrons. The molecule has 4 rings (SSSR count). The number of nitrogens with zero attached hydrogens (tertiary/aromatic N) is 2. The van der Waals surface area contributed by atoms with Gasteiger partial charge in [-0.15, -0.1) is 0 Å². The molecule has 2 aliphatic heterocycles. The molecule has 130 valence electrons. The van der Waals surface area contributed by atoms with Crippen LogP contribution in [0.4, 0.5) is 0 Å². The molecule has 1 amide bonds. The Morgan fingerprint density at radius 2 is 2.04 bits per heavy atom. The Kier molecular flexibility index (Phi) is 4.52. The van der Waals surface area contributed by atoms with Crippen LogP contribution in [-0.2, 0) is 22.6 Å². The Bertz CT molecular complexity index is 744. The van der Waals surface area contributed by atoms with Crippen molar-refractivity contribution in [3.05, 3.63) is 53.9 Å². The number of ether oxygens (including phenoxy) is 3. The maximum absolute atomic E-state index is 13.0. The predicted octanol–water partition coefficient (Wildman–Crippen LogP) is 2.38. The molecule has 6 nitrogen and oxygen atoms in total. The molecule has 25 heavy (non-hydrogen) atoms. The van der Waals surface area contributed by atoms with Crippen molar-refractivity contribution in [2.75, 3.05) is 20.0 Å². The highest BCUT2D eigenvalue weighted by molar-refractivity contribution is 5.79. The summed E-state index contributed by atoms with van der Waals surface area (Å²) in [4.78, 5) is 19.0. The first kappa shape index (κ1) is 15.9. The highest BCUT2D eigenvalue weighted by Crippen LogP contribution is 2.33. The van der Waals surface area contributed by atoms with Gasteiger partial charge in [0.25, 0.3) is 0 Å². The summed E-state index contributed by atoms with van der Waals surface area (Å²) in [5.74, 6) is 1.54. The van der Waals surface area contributed by atoms with Crippen LogP contribution in [0.1, 0.15) is 17.5 Å². The van der Waals surface area contributed by atoms with E-state index in [-0.39, 0.29) is 18.6 Å². The third kappa shape index (κ3) is 3.58. The van der Waals surface area contributed by atoms with Gasteiger partial charge in [0.15, 0.2) is 11.5 Å². The number of pyridine rings is 1. The van der Waals surface area contributed by atoms with Crippen molar-refractivity contribution in [3.63, 3.8) is 0 Å². The Labute approximate surface area is 146 Å². The van der Waals surface area contributed by atoms with E-state index in [0.29, 0.717) is 26.3 Å². The van der Waals surface area contributed by atoms with Crippen molar-refractivity contribution < 1.29 is 19.0 Å². The quantitative estimate of drug-likeness (QED) is 0.836. The third-order valence-electron chi connectivity index (χ3n) is 4.50. The number of aromatic nitrogens is 1. The van der Waals surface area contributed by atoms with Crippen LogP contribution in [-0.4, -0.2) is 35.8 Å². The van der Waals surface area contributed by atoms with E-state index in [1.54, 1.807) is 12.4 Å². The zero-order valence-corrected chi connectivity index (χ0v) is 13.9. The lowest BCUT2D eigenvalue weighted by Gasteiger charge is -2.25. The molecule has 1 aromatic heterocycles. The van der Waals surface area contributed by atoms with E-state index in [0.717, 1.165) is 29.0 Å². The summed E-state index contributed by atoms with van der Waals surface area (Å²) in [5.41, 5.74) is 2.02. The second kappa shape index (κ2) is 7.11. The Balaban J connectivity index is 1.54. The number of benzene rings is 1.